The summed E-state index contributed by atoms with van der Waals surface area (Å²) in [7, 11) is 1.60. The number of carbonyl (C=O) groups is 2. The van der Waals surface area contributed by atoms with Gasteiger partial charge in [-0.1, -0.05) is 23.7 Å². The van der Waals surface area contributed by atoms with Crippen LogP contribution in [-0.4, -0.2) is 70.5 Å². The summed E-state index contributed by atoms with van der Waals surface area (Å²) in [5.74, 6) is 0.906. The van der Waals surface area contributed by atoms with Crippen LogP contribution in [0.3, 0.4) is 0 Å². The van der Waals surface area contributed by atoms with Crippen molar-refractivity contribution < 1.29 is 19.1 Å². The highest BCUT2D eigenvalue weighted by atomic mass is 35.5. The Bertz CT molecular complexity index is 1130. The molecule has 0 aliphatic carbocycles. The zero-order chi connectivity index (χ0) is 24.6. The fourth-order valence-corrected chi connectivity index (χ4v) is 3.68. The van der Waals surface area contributed by atoms with Gasteiger partial charge in [-0.25, -0.2) is 4.79 Å². The molecule has 1 aliphatic heterocycles. The molecule has 4 rings (SSSR count). The molecule has 1 fully saturated rings. The second kappa shape index (κ2) is 11.6. The van der Waals surface area contributed by atoms with Crippen molar-refractivity contribution in [3.05, 3.63) is 64.9 Å². The van der Waals surface area contributed by atoms with E-state index in [4.69, 9.17) is 21.1 Å². The van der Waals surface area contributed by atoms with Crippen molar-refractivity contribution in [1.29, 1.82) is 0 Å². The van der Waals surface area contributed by atoms with Gasteiger partial charge >= 0.3 is 6.03 Å². The van der Waals surface area contributed by atoms with E-state index in [9.17, 15) is 9.59 Å². The minimum Gasteiger partial charge on any atom is -0.497 e. The number of anilines is 1. The molecule has 0 radical (unpaired) electrons. The number of urea groups is 1. The number of benzene rings is 2. The predicted octanol–water partition coefficient (Wildman–Crippen LogP) is 2.30. The van der Waals surface area contributed by atoms with Crippen LogP contribution in [0.2, 0.25) is 5.02 Å². The van der Waals surface area contributed by atoms with E-state index in [1.54, 1.807) is 36.3 Å². The van der Waals surface area contributed by atoms with Gasteiger partial charge < -0.3 is 25.0 Å². The molecule has 3 amide bonds. The summed E-state index contributed by atoms with van der Waals surface area (Å²) in [5.41, 5.74) is 1.52. The average Bonchev–Trinajstić information content (AvgIpc) is 3.34. The van der Waals surface area contributed by atoms with Crippen LogP contribution < -0.4 is 15.4 Å². The zero-order valence-corrected chi connectivity index (χ0v) is 19.9. The van der Waals surface area contributed by atoms with E-state index < -0.39 is 12.1 Å². The average molecular weight is 500 g/mol. The maximum absolute atomic E-state index is 12.7. The van der Waals surface area contributed by atoms with Gasteiger partial charge in [-0.05, 0) is 47.2 Å². The number of ether oxygens (including phenoxy) is 2. The van der Waals surface area contributed by atoms with Crippen LogP contribution in [0.25, 0.3) is 0 Å². The summed E-state index contributed by atoms with van der Waals surface area (Å²) in [6, 6.07) is 13.2. The van der Waals surface area contributed by atoms with E-state index in [-0.39, 0.29) is 12.5 Å². The smallest absolute Gasteiger partial charge is 0.319 e. The quantitative estimate of drug-likeness (QED) is 0.487. The lowest BCUT2D eigenvalue weighted by Gasteiger charge is -2.26. The summed E-state index contributed by atoms with van der Waals surface area (Å²) in [5, 5.41) is 18.8. The molecule has 11 nitrogen and oxygen atoms in total. The fraction of sp³-hybridized carbons (Fsp3) is 0.348. The molecule has 184 valence electrons. The summed E-state index contributed by atoms with van der Waals surface area (Å²) in [6.45, 7) is 2.05. The SMILES string of the molecule is COc1ccc(CC(NC(=O)Nc2ccc(Cl)cc2)c2nnn(CC(=O)N3CCOCC3)n2)cc1. The number of morpholine rings is 1. The highest BCUT2D eigenvalue weighted by Crippen LogP contribution is 2.19. The molecule has 2 aromatic carbocycles. The molecular formula is C23H26ClN7O4. The van der Waals surface area contributed by atoms with Gasteiger partial charge in [0.05, 0.1) is 26.4 Å². The highest BCUT2D eigenvalue weighted by molar-refractivity contribution is 6.30. The summed E-state index contributed by atoms with van der Waals surface area (Å²) in [4.78, 5) is 28.2. The molecule has 3 aromatic rings. The second-order valence-corrected chi connectivity index (χ2v) is 8.32. The molecule has 0 saturated carbocycles. The molecule has 1 unspecified atom stereocenters. The molecule has 0 spiro atoms. The number of carbonyl (C=O) groups excluding carboxylic acids is 2. The molecule has 1 atom stereocenters. The maximum atomic E-state index is 12.7. The van der Waals surface area contributed by atoms with Crippen LogP contribution in [0.1, 0.15) is 17.4 Å². The van der Waals surface area contributed by atoms with E-state index in [1.807, 2.05) is 24.3 Å². The molecule has 0 bridgehead atoms. The molecule has 1 saturated heterocycles. The first-order valence-electron chi connectivity index (χ1n) is 11.1. The van der Waals surface area contributed by atoms with Gasteiger partial charge in [-0.3, -0.25) is 4.79 Å². The van der Waals surface area contributed by atoms with Gasteiger partial charge in [0.1, 0.15) is 12.3 Å². The molecular weight excluding hydrogens is 474 g/mol. The van der Waals surface area contributed by atoms with Crippen LogP contribution in [-0.2, 0) is 22.5 Å². The Balaban J connectivity index is 1.47. The number of tetrazole rings is 1. The summed E-state index contributed by atoms with van der Waals surface area (Å²) < 4.78 is 10.5. The van der Waals surface area contributed by atoms with Gasteiger partial charge in [0.25, 0.3) is 0 Å². The minimum absolute atomic E-state index is 0.0424. The van der Waals surface area contributed by atoms with E-state index in [0.29, 0.717) is 49.3 Å². The molecule has 12 heteroatoms. The molecule has 2 N–H and O–H groups in total. The Morgan fingerprint density at radius 3 is 2.51 bits per heavy atom. The van der Waals surface area contributed by atoms with E-state index in [1.165, 1.54) is 4.80 Å². The van der Waals surface area contributed by atoms with Gasteiger partial charge in [-0.15, -0.1) is 10.2 Å². The Labute approximate surface area is 207 Å². The van der Waals surface area contributed by atoms with Crippen molar-refractivity contribution in [1.82, 2.24) is 30.4 Å². The lowest BCUT2D eigenvalue weighted by Crippen LogP contribution is -2.42. The number of hydrogen-bond acceptors (Lipinski definition) is 7. The van der Waals surface area contributed by atoms with Crippen molar-refractivity contribution in [2.24, 2.45) is 0 Å². The summed E-state index contributed by atoms with van der Waals surface area (Å²) >= 11 is 5.92. The lowest BCUT2D eigenvalue weighted by molar-refractivity contribution is -0.136. The minimum atomic E-state index is -0.595. The fourth-order valence-electron chi connectivity index (χ4n) is 3.56. The first kappa shape index (κ1) is 24.4. The van der Waals surface area contributed by atoms with Crippen molar-refractivity contribution in [3.8, 4) is 5.75 Å². The third-order valence-corrected chi connectivity index (χ3v) is 5.68. The third kappa shape index (κ3) is 6.90. The third-order valence-electron chi connectivity index (χ3n) is 5.43. The van der Waals surface area contributed by atoms with Crippen LogP contribution in [0.4, 0.5) is 10.5 Å². The maximum Gasteiger partial charge on any atom is 0.319 e. The van der Waals surface area contributed by atoms with E-state index in [2.05, 4.69) is 26.0 Å². The van der Waals surface area contributed by atoms with Gasteiger partial charge in [-0.2, -0.15) is 4.80 Å². The van der Waals surface area contributed by atoms with Gasteiger partial charge in [0.15, 0.2) is 5.82 Å². The second-order valence-electron chi connectivity index (χ2n) is 7.88. The normalized spacial score (nSPS) is 14.3. The number of halogens is 1. The molecule has 1 aromatic heterocycles. The number of aromatic nitrogens is 4. The number of rotatable bonds is 8. The highest BCUT2D eigenvalue weighted by Gasteiger charge is 2.23. The topological polar surface area (TPSA) is 123 Å². The van der Waals surface area contributed by atoms with Crippen molar-refractivity contribution in [2.75, 3.05) is 38.7 Å². The number of nitrogens with zero attached hydrogens (tertiary/aromatic N) is 5. The van der Waals surface area contributed by atoms with Crippen LogP contribution >= 0.6 is 11.6 Å². The van der Waals surface area contributed by atoms with E-state index in [0.717, 1.165) is 11.3 Å². The Kier molecular flexibility index (Phi) is 8.11. The van der Waals surface area contributed by atoms with Gasteiger partial charge in [0, 0.05) is 30.2 Å². The number of methoxy groups -OCH3 is 1. The molecule has 35 heavy (non-hydrogen) atoms. The van der Waals surface area contributed by atoms with Crippen molar-refractivity contribution >= 4 is 29.2 Å². The predicted molar refractivity (Wildman–Crippen MR) is 128 cm³/mol. The Hall–Kier alpha value is -3.70. The lowest BCUT2D eigenvalue weighted by atomic mass is 10.1. The molecule has 1 aliphatic rings. The number of nitrogens with one attached hydrogen (secondary N) is 2. The standard InChI is InChI=1S/C23H26ClN7O4/c1-34-19-8-2-16(3-9-19)14-20(26-23(33)25-18-6-4-17(24)5-7-18)22-27-29-31(28-22)15-21(32)30-10-12-35-13-11-30/h2-9,20H,10-15H2,1H3,(H2,25,26,33). The molecule has 2 heterocycles. The monoisotopic (exact) mass is 499 g/mol. The van der Waals surface area contributed by atoms with Crippen LogP contribution in [0.15, 0.2) is 48.5 Å². The largest absolute Gasteiger partial charge is 0.497 e. The first-order valence-corrected chi connectivity index (χ1v) is 11.5. The Morgan fingerprint density at radius 2 is 1.83 bits per heavy atom. The van der Waals surface area contributed by atoms with Crippen molar-refractivity contribution in [3.63, 3.8) is 0 Å². The van der Waals surface area contributed by atoms with E-state index >= 15 is 0 Å². The number of hydrogen-bond donors (Lipinski definition) is 2. The Morgan fingerprint density at radius 1 is 1.11 bits per heavy atom. The van der Waals surface area contributed by atoms with Gasteiger partial charge in [0.2, 0.25) is 5.91 Å². The first-order chi connectivity index (χ1) is 17.0. The summed E-state index contributed by atoms with van der Waals surface area (Å²) in [6.07, 6.45) is 0.404. The number of amides is 3. The van der Waals surface area contributed by atoms with Crippen LogP contribution in [0, 0.1) is 0 Å². The zero-order valence-electron chi connectivity index (χ0n) is 19.2. The van der Waals surface area contributed by atoms with Crippen LogP contribution in [0.5, 0.6) is 5.75 Å². The van der Waals surface area contributed by atoms with Crippen molar-refractivity contribution in [2.45, 2.75) is 19.0 Å².